The maximum absolute atomic E-state index is 3.83. The van der Waals surface area contributed by atoms with E-state index in [9.17, 15) is 0 Å². The Balaban J connectivity index is 0. The van der Waals surface area contributed by atoms with Crippen molar-refractivity contribution >= 4 is 5.57 Å². The van der Waals surface area contributed by atoms with Crippen molar-refractivity contribution in [3.63, 3.8) is 0 Å². The van der Waals surface area contributed by atoms with Gasteiger partial charge in [0.1, 0.15) is 0 Å². The molecule has 0 aliphatic rings. The maximum atomic E-state index is 3.83. The topological polar surface area (TPSA) is 0 Å². The van der Waals surface area contributed by atoms with Gasteiger partial charge in [-0.15, -0.1) is 0 Å². The van der Waals surface area contributed by atoms with Crippen LogP contribution in [0.3, 0.4) is 0 Å². The smallest absolute Gasteiger partial charge is 0.0233 e. The highest BCUT2D eigenvalue weighted by Gasteiger charge is 1.86. The molecular weight excluding hydrogens is 216 g/mol. The monoisotopic (exact) mass is 248 g/mol. The van der Waals surface area contributed by atoms with Gasteiger partial charge in [0, 0.05) is 0 Å². The Bertz CT molecular complexity index is 255. The van der Waals surface area contributed by atoms with Gasteiger partial charge in [0.2, 0.25) is 0 Å². The first-order chi connectivity index (χ1) is 8.72. The van der Waals surface area contributed by atoms with Gasteiger partial charge in [0.15, 0.2) is 0 Å². The number of unbranched alkanes of at least 4 members (excludes halogenated alkanes) is 4. The summed E-state index contributed by atoms with van der Waals surface area (Å²) in [5, 5.41) is 0. The number of rotatable bonds is 5. The molecule has 1 aromatic rings. The first-order valence-electron chi connectivity index (χ1n) is 7.43. The summed E-state index contributed by atoms with van der Waals surface area (Å²) in [7, 11) is 0. The minimum atomic E-state index is 1.12. The third-order valence-electron chi connectivity index (χ3n) is 2.47. The highest BCUT2D eigenvalue weighted by atomic mass is 13.9. The normalized spacial score (nSPS) is 8.50. The first-order valence-corrected chi connectivity index (χ1v) is 7.43. The van der Waals surface area contributed by atoms with Crippen molar-refractivity contribution in [3.05, 3.63) is 42.5 Å². The van der Waals surface area contributed by atoms with Crippen LogP contribution in [-0.2, 0) is 0 Å². The van der Waals surface area contributed by atoms with Crippen molar-refractivity contribution in [1.82, 2.24) is 0 Å². The van der Waals surface area contributed by atoms with Gasteiger partial charge >= 0.3 is 0 Å². The zero-order valence-corrected chi connectivity index (χ0v) is 13.1. The molecule has 0 spiro atoms. The molecule has 0 N–H and O–H groups in total. The molecule has 0 radical (unpaired) electrons. The third-order valence-corrected chi connectivity index (χ3v) is 2.47. The van der Waals surface area contributed by atoms with Gasteiger partial charge in [-0.2, -0.15) is 0 Å². The molecule has 0 aliphatic heterocycles. The van der Waals surface area contributed by atoms with E-state index in [0.717, 1.165) is 5.57 Å². The van der Waals surface area contributed by atoms with Crippen molar-refractivity contribution in [3.8, 4) is 0 Å². The molecular formula is C18H32. The second-order valence-corrected chi connectivity index (χ2v) is 4.21. The van der Waals surface area contributed by atoms with E-state index in [1.807, 2.05) is 39.0 Å². The third kappa shape index (κ3) is 13.0. The summed E-state index contributed by atoms with van der Waals surface area (Å²) in [4.78, 5) is 0. The lowest BCUT2D eigenvalue weighted by Gasteiger charge is -1.94. The van der Waals surface area contributed by atoms with Crippen LogP contribution in [0.25, 0.3) is 5.57 Å². The molecule has 0 bridgehead atoms. The summed E-state index contributed by atoms with van der Waals surface area (Å²) in [5.74, 6) is 0. The van der Waals surface area contributed by atoms with E-state index in [4.69, 9.17) is 0 Å². The SMILES string of the molecule is C=C(C)c1ccccc1.CC.CCCCCCC. The molecule has 1 aromatic carbocycles. The minimum Gasteiger partial charge on any atom is -0.0955 e. The maximum Gasteiger partial charge on any atom is -0.0233 e. The molecule has 0 aromatic heterocycles. The molecule has 0 heterocycles. The van der Waals surface area contributed by atoms with Gasteiger partial charge in [-0.1, -0.05) is 102 Å². The highest BCUT2D eigenvalue weighted by Crippen LogP contribution is 2.08. The summed E-state index contributed by atoms with van der Waals surface area (Å²) < 4.78 is 0. The standard InChI is InChI=1S/C9H10.C7H16.C2H6/c1-8(2)9-6-4-3-5-7-9;1-3-5-7-6-4-2;1-2/h3-7H,1H2,2H3;3-7H2,1-2H3;1-2H3. The van der Waals surface area contributed by atoms with Crippen LogP contribution < -0.4 is 0 Å². The van der Waals surface area contributed by atoms with Gasteiger partial charge in [-0.3, -0.25) is 0 Å². The minimum absolute atomic E-state index is 1.12. The Labute approximate surface area is 115 Å². The van der Waals surface area contributed by atoms with E-state index in [2.05, 4.69) is 32.6 Å². The van der Waals surface area contributed by atoms with Crippen LogP contribution in [0.15, 0.2) is 36.9 Å². The average molecular weight is 248 g/mol. The molecule has 0 nitrogen and oxygen atoms in total. The van der Waals surface area contributed by atoms with Crippen LogP contribution in [0, 0.1) is 0 Å². The van der Waals surface area contributed by atoms with E-state index in [-0.39, 0.29) is 0 Å². The zero-order chi connectivity index (χ0) is 14.2. The largest absolute Gasteiger partial charge is 0.0955 e. The van der Waals surface area contributed by atoms with E-state index in [1.54, 1.807) is 0 Å². The molecule has 0 aliphatic carbocycles. The Morgan fingerprint density at radius 1 is 0.889 bits per heavy atom. The van der Waals surface area contributed by atoms with Crippen LogP contribution >= 0.6 is 0 Å². The van der Waals surface area contributed by atoms with E-state index >= 15 is 0 Å². The fourth-order valence-corrected chi connectivity index (χ4v) is 1.40. The zero-order valence-electron chi connectivity index (χ0n) is 13.1. The molecule has 0 saturated heterocycles. The molecule has 0 heteroatoms. The Morgan fingerprint density at radius 2 is 1.33 bits per heavy atom. The van der Waals surface area contributed by atoms with Crippen LogP contribution in [-0.4, -0.2) is 0 Å². The molecule has 0 saturated carbocycles. The van der Waals surface area contributed by atoms with E-state index < -0.39 is 0 Å². The number of benzene rings is 1. The lowest BCUT2D eigenvalue weighted by Crippen LogP contribution is -1.72. The summed E-state index contributed by atoms with van der Waals surface area (Å²) in [6.07, 6.45) is 7.01. The van der Waals surface area contributed by atoms with Gasteiger partial charge in [-0.25, -0.2) is 0 Å². The predicted octanol–water partition coefficient (Wildman–Crippen LogP) is 6.72. The molecule has 0 unspecified atom stereocenters. The van der Waals surface area contributed by atoms with Crippen molar-refractivity contribution in [1.29, 1.82) is 0 Å². The first kappa shape index (κ1) is 19.3. The number of hydrogen-bond donors (Lipinski definition) is 0. The van der Waals surface area contributed by atoms with Crippen molar-refractivity contribution < 1.29 is 0 Å². The lowest BCUT2D eigenvalue weighted by molar-refractivity contribution is 0.656. The second kappa shape index (κ2) is 16.0. The number of allylic oxidation sites excluding steroid dienone is 1. The Morgan fingerprint density at radius 3 is 1.61 bits per heavy atom. The van der Waals surface area contributed by atoms with Crippen LogP contribution in [0.1, 0.15) is 72.3 Å². The summed E-state index contributed by atoms with van der Waals surface area (Å²) in [6.45, 7) is 14.3. The highest BCUT2D eigenvalue weighted by molar-refractivity contribution is 5.60. The predicted molar refractivity (Wildman–Crippen MR) is 86.9 cm³/mol. The van der Waals surface area contributed by atoms with Crippen molar-refractivity contribution in [2.45, 2.75) is 66.7 Å². The lowest BCUT2D eigenvalue weighted by atomic mass is 10.1. The number of hydrogen-bond acceptors (Lipinski definition) is 0. The van der Waals surface area contributed by atoms with Crippen LogP contribution in [0.5, 0.6) is 0 Å². The van der Waals surface area contributed by atoms with Gasteiger partial charge in [0.25, 0.3) is 0 Å². The fraction of sp³-hybridized carbons (Fsp3) is 0.556. The fourth-order valence-electron chi connectivity index (χ4n) is 1.40. The Kier molecular flexibility index (Phi) is 17.1. The van der Waals surface area contributed by atoms with Crippen LogP contribution in [0.2, 0.25) is 0 Å². The van der Waals surface area contributed by atoms with Crippen molar-refractivity contribution in [2.75, 3.05) is 0 Å². The average Bonchev–Trinajstić information content (AvgIpc) is 2.43. The molecule has 18 heavy (non-hydrogen) atoms. The molecule has 104 valence electrons. The summed E-state index contributed by atoms with van der Waals surface area (Å²) >= 11 is 0. The molecule has 0 fully saturated rings. The Hall–Kier alpha value is -1.04. The van der Waals surface area contributed by atoms with Gasteiger partial charge in [0.05, 0.1) is 0 Å². The summed E-state index contributed by atoms with van der Waals surface area (Å²) in [5.41, 5.74) is 2.34. The van der Waals surface area contributed by atoms with Gasteiger partial charge < -0.3 is 0 Å². The summed E-state index contributed by atoms with van der Waals surface area (Å²) in [6, 6.07) is 10.2. The van der Waals surface area contributed by atoms with Crippen LogP contribution in [0.4, 0.5) is 0 Å². The molecule has 1 rings (SSSR count). The van der Waals surface area contributed by atoms with E-state index in [1.165, 1.54) is 37.7 Å². The second-order valence-electron chi connectivity index (χ2n) is 4.21. The quantitative estimate of drug-likeness (QED) is 0.507. The van der Waals surface area contributed by atoms with E-state index in [0.29, 0.717) is 0 Å². The van der Waals surface area contributed by atoms with Gasteiger partial charge in [-0.05, 0) is 12.5 Å². The molecule has 0 amide bonds. The molecule has 0 atom stereocenters. The van der Waals surface area contributed by atoms with Crippen molar-refractivity contribution in [2.24, 2.45) is 0 Å².